The van der Waals surface area contributed by atoms with Gasteiger partial charge in [0.25, 0.3) is 0 Å². The summed E-state index contributed by atoms with van der Waals surface area (Å²) in [6.07, 6.45) is 7.49. The highest BCUT2D eigenvalue weighted by Crippen LogP contribution is 2.35. The van der Waals surface area contributed by atoms with Gasteiger partial charge in [-0.15, -0.1) is 10.2 Å². The minimum atomic E-state index is -0.315. The van der Waals surface area contributed by atoms with E-state index in [0.29, 0.717) is 47.6 Å². The van der Waals surface area contributed by atoms with Crippen molar-refractivity contribution in [3.63, 3.8) is 0 Å². The van der Waals surface area contributed by atoms with Gasteiger partial charge in [-0.25, -0.2) is 4.39 Å². The molecule has 4 rings (SSSR count). The molecule has 7 nitrogen and oxygen atoms in total. The number of aromatic nitrogens is 4. The Morgan fingerprint density at radius 3 is 2.76 bits per heavy atom. The largest absolute Gasteiger partial charge is 0.339 e. The van der Waals surface area contributed by atoms with E-state index in [4.69, 9.17) is 4.52 Å². The second-order valence-electron chi connectivity index (χ2n) is 7.20. The van der Waals surface area contributed by atoms with Gasteiger partial charge in [0, 0.05) is 24.3 Å². The Morgan fingerprint density at radius 1 is 1.17 bits per heavy atom. The first-order valence-corrected chi connectivity index (χ1v) is 10.7. The fourth-order valence-electron chi connectivity index (χ4n) is 3.45. The van der Waals surface area contributed by atoms with E-state index in [2.05, 4.69) is 25.7 Å². The van der Waals surface area contributed by atoms with Crippen LogP contribution in [0.25, 0.3) is 11.4 Å². The molecular formula is C20H22FN5O2S. The molecule has 3 aromatic rings. The number of nitrogens with zero attached hydrogens (tertiary/aromatic N) is 4. The molecule has 2 heterocycles. The third kappa shape index (κ3) is 5.23. The van der Waals surface area contributed by atoms with Crippen LogP contribution in [-0.2, 0) is 11.2 Å². The monoisotopic (exact) mass is 415 g/mol. The quantitative estimate of drug-likeness (QED) is 0.599. The van der Waals surface area contributed by atoms with E-state index in [9.17, 15) is 9.18 Å². The summed E-state index contributed by atoms with van der Waals surface area (Å²) >= 11 is 1.48. The predicted octanol–water partition coefficient (Wildman–Crippen LogP) is 4.74. The molecule has 0 bridgehead atoms. The summed E-state index contributed by atoms with van der Waals surface area (Å²) in [6, 6.07) is 5.90. The van der Waals surface area contributed by atoms with Crippen molar-refractivity contribution < 1.29 is 13.7 Å². The lowest BCUT2D eigenvalue weighted by atomic mass is 9.90. The topological polar surface area (TPSA) is 93.8 Å². The number of aryl methyl sites for hydroxylation is 1. The Balaban J connectivity index is 1.23. The molecule has 1 fully saturated rings. The van der Waals surface area contributed by atoms with Gasteiger partial charge in [0.05, 0.1) is 0 Å². The van der Waals surface area contributed by atoms with Crippen LogP contribution in [0.5, 0.6) is 0 Å². The van der Waals surface area contributed by atoms with Gasteiger partial charge in [0.1, 0.15) is 10.8 Å². The molecule has 1 aliphatic rings. The van der Waals surface area contributed by atoms with Gasteiger partial charge >= 0.3 is 0 Å². The number of benzene rings is 1. The summed E-state index contributed by atoms with van der Waals surface area (Å²) in [4.78, 5) is 16.5. The molecule has 0 saturated heterocycles. The van der Waals surface area contributed by atoms with Crippen LogP contribution in [0.1, 0.15) is 61.8 Å². The Labute approximate surface area is 171 Å². The van der Waals surface area contributed by atoms with Gasteiger partial charge in [-0.3, -0.25) is 4.79 Å². The number of anilines is 1. The predicted molar refractivity (Wildman–Crippen MR) is 107 cm³/mol. The highest BCUT2D eigenvalue weighted by molar-refractivity contribution is 7.15. The Kier molecular flexibility index (Phi) is 6.24. The van der Waals surface area contributed by atoms with Crippen LogP contribution in [0, 0.1) is 5.82 Å². The van der Waals surface area contributed by atoms with Gasteiger partial charge in [-0.1, -0.05) is 35.8 Å². The van der Waals surface area contributed by atoms with Crippen molar-refractivity contribution in [1.29, 1.82) is 0 Å². The molecular weight excluding hydrogens is 393 g/mol. The summed E-state index contributed by atoms with van der Waals surface area (Å²) in [6.45, 7) is 0. The second-order valence-corrected chi connectivity index (χ2v) is 8.21. The van der Waals surface area contributed by atoms with Crippen LogP contribution < -0.4 is 5.32 Å². The van der Waals surface area contributed by atoms with E-state index in [-0.39, 0.29) is 11.7 Å². The van der Waals surface area contributed by atoms with Crippen molar-refractivity contribution in [3.05, 3.63) is 41.0 Å². The standard InChI is InChI=1S/C20H22FN5O2S/c21-15-11-9-13(10-12-15)18-23-17(28-26-18)8-4-7-16(27)22-20-25-24-19(29-20)14-5-2-1-3-6-14/h9-12,14H,1-8H2,(H,22,25,27). The van der Waals surface area contributed by atoms with Gasteiger partial charge in [0.2, 0.25) is 22.8 Å². The Hall–Kier alpha value is -2.68. The van der Waals surface area contributed by atoms with Crippen molar-refractivity contribution in [2.24, 2.45) is 0 Å². The van der Waals surface area contributed by atoms with Crippen LogP contribution in [-0.4, -0.2) is 26.2 Å². The van der Waals surface area contributed by atoms with Crippen molar-refractivity contribution in [2.75, 3.05) is 5.32 Å². The van der Waals surface area contributed by atoms with Crippen LogP contribution in [0.3, 0.4) is 0 Å². The highest BCUT2D eigenvalue weighted by atomic mass is 32.1. The number of rotatable bonds is 7. The summed E-state index contributed by atoms with van der Waals surface area (Å²) in [5.41, 5.74) is 0.684. The SMILES string of the molecule is O=C(CCCc1nc(-c2ccc(F)cc2)no1)Nc1nnc(C2CCCCC2)s1. The Morgan fingerprint density at radius 2 is 1.97 bits per heavy atom. The summed E-state index contributed by atoms with van der Waals surface area (Å²) in [5.74, 6) is 0.931. The zero-order valence-electron chi connectivity index (χ0n) is 15.9. The van der Waals surface area contributed by atoms with Crippen LogP contribution in [0.15, 0.2) is 28.8 Å². The lowest BCUT2D eigenvalue weighted by Crippen LogP contribution is -2.11. The average Bonchev–Trinajstić information content (AvgIpc) is 3.39. The average molecular weight is 415 g/mol. The number of nitrogens with one attached hydrogen (secondary N) is 1. The number of hydrogen-bond acceptors (Lipinski definition) is 7. The van der Waals surface area contributed by atoms with Crippen LogP contribution >= 0.6 is 11.3 Å². The maximum absolute atomic E-state index is 13.0. The lowest BCUT2D eigenvalue weighted by molar-refractivity contribution is -0.116. The molecule has 0 radical (unpaired) electrons. The van der Waals surface area contributed by atoms with Crippen LogP contribution in [0.4, 0.5) is 9.52 Å². The first kappa shape index (κ1) is 19.6. The van der Waals surface area contributed by atoms with Gasteiger partial charge < -0.3 is 9.84 Å². The molecule has 0 aliphatic heterocycles. The van der Waals surface area contributed by atoms with Crippen LogP contribution in [0.2, 0.25) is 0 Å². The van der Waals surface area contributed by atoms with Gasteiger partial charge in [-0.2, -0.15) is 4.98 Å². The normalized spacial score (nSPS) is 14.8. The summed E-state index contributed by atoms with van der Waals surface area (Å²) in [7, 11) is 0. The molecule has 152 valence electrons. The molecule has 0 unspecified atom stereocenters. The molecule has 0 spiro atoms. The fourth-order valence-corrected chi connectivity index (χ4v) is 4.38. The number of halogens is 1. The number of carbonyl (C=O) groups excluding carboxylic acids is 1. The van der Waals surface area contributed by atoms with E-state index in [0.717, 1.165) is 17.8 Å². The minimum absolute atomic E-state index is 0.102. The van der Waals surface area contributed by atoms with Crippen molar-refractivity contribution in [3.8, 4) is 11.4 Å². The number of hydrogen-bond donors (Lipinski definition) is 1. The van der Waals surface area contributed by atoms with Crippen molar-refractivity contribution in [2.45, 2.75) is 57.3 Å². The van der Waals surface area contributed by atoms with E-state index in [1.54, 1.807) is 12.1 Å². The van der Waals surface area contributed by atoms with Crippen molar-refractivity contribution in [1.82, 2.24) is 20.3 Å². The van der Waals surface area contributed by atoms with Gasteiger partial charge in [0.15, 0.2) is 0 Å². The summed E-state index contributed by atoms with van der Waals surface area (Å²) < 4.78 is 18.2. The maximum Gasteiger partial charge on any atom is 0.226 e. The first-order chi connectivity index (χ1) is 14.2. The smallest absolute Gasteiger partial charge is 0.226 e. The molecule has 1 N–H and O–H groups in total. The molecule has 1 aliphatic carbocycles. The Bertz CT molecular complexity index is 950. The number of amides is 1. The molecule has 0 atom stereocenters. The highest BCUT2D eigenvalue weighted by Gasteiger charge is 2.20. The zero-order valence-corrected chi connectivity index (χ0v) is 16.8. The lowest BCUT2D eigenvalue weighted by Gasteiger charge is -2.18. The minimum Gasteiger partial charge on any atom is -0.339 e. The van der Waals surface area contributed by atoms with E-state index < -0.39 is 0 Å². The van der Waals surface area contributed by atoms with Gasteiger partial charge in [-0.05, 0) is 43.5 Å². The fraction of sp³-hybridized carbons (Fsp3) is 0.450. The maximum atomic E-state index is 13.0. The molecule has 1 saturated carbocycles. The van der Waals surface area contributed by atoms with E-state index >= 15 is 0 Å². The van der Waals surface area contributed by atoms with Crippen molar-refractivity contribution >= 4 is 22.4 Å². The molecule has 9 heteroatoms. The molecule has 2 aromatic heterocycles. The molecule has 29 heavy (non-hydrogen) atoms. The molecule has 1 aromatic carbocycles. The summed E-state index contributed by atoms with van der Waals surface area (Å²) in [5, 5.41) is 16.7. The number of carbonyl (C=O) groups is 1. The van der Waals surface area contributed by atoms with E-state index in [1.165, 1.54) is 42.7 Å². The third-order valence-corrected chi connectivity index (χ3v) is 6.01. The second kappa shape index (κ2) is 9.21. The van der Waals surface area contributed by atoms with E-state index in [1.807, 2.05) is 0 Å². The molecule has 1 amide bonds. The zero-order chi connectivity index (χ0) is 20.1. The first-order valence-electron chi connectivity index (χ1n) is 9.89. The third-order valence-electron chi connectivity index (χ3n) is 5.01.